The molecule has 0 aliphatic heterocycles. The van der Waals surface area contributed by atoms with Gasteiger partial charge in [-0.2, -0.15) is 0 Å². The second-order valence-electron chi connectivity index (χ2n) is 4.84. The molecule has 0 heterocycles. The highest BCUT2D eigenvalue weighted by Gasteiger charge is 2.07. The molecule has 0 amide bonds. The van der Waals surface area contributed by atoms with Gasteiger partial charge in [-0.25, -0.2) is 0 Å². The van der Waals surface area contributed by atoms with Crippen LogP contribution >= 0.6 is 0 Å². The SMILES string of the molecule is Cc1ccc(C(C)NCCN(C)C)c(C)c1. The molecule has 2 nitrogen and oxygen atoms in total. The Bertz CT molecular complexity index is 332. The average molecular weight is 220 g/mol. The molecule has 0 saturated carbocycles. The van der Waals surface area contributed by atoms with Gasteiger partial charge in [0.2, 0.25) is 0 Å². The minimum atomic E-state index is 0.431. The maximum atomic E-state index is 3.55. The molecular formula is C14H24N2. The molecular weight excluding hydrogens is 196 g/mol. The topological polar surface area (TPSA) is 15.3 Å². The van der Waals surface area contributed by atoms with Gasteiger partial charge in [0.15, 0.2) is 0 Å². The van der Waals surface area contributed by atoms with E-state index >= 15 is 0 Å². The van der Waals surface area contributed by atoms with E-state index in [2.05, 4.69) is 63.3 Å². The standard InChI is InChI=1S/C14H24N2/c1-11-6-7-14(12(2)10-11)13(3)15-8-9-16(4)5/h6-7,10,13,15H,8-9H2,1-5H3. The van der Waals surface area contributed by atoms with Crippen LogP contribution in [0.3, 0.4) is 0 Å². The van der Waals surface area contributed by atoms with Gasteiger partial charge in [0, 0.05) is 19.1 Å². The van der Waals surface area contributed by atoms with Gasteiger partial charge in [-0.1, -0.05) is 23.8 Å². The van der Waals surface area contributed by atoms with Gasteiger partial charge in [0.25, 0.3) is 0 Å². The molecule has 2 heteroatoms. The summed E-state index contributed by atoms with van der Waals surface area (Å²) >= 11 is 0. The van der Waals surface area contributed by atoms with Crippen molar-refractivity contribution in [1.29, 1.82) is 0 Å². The Balaban J connectivity index is 2.55. The zero-order chi connectivity index (χ0) is 12.1. The van der Waals surface area contributed by atoms with Crippen molar-refractivity contribution in [3.05, 3.63) is 34.9 Å². The summed E-state index contributed by atoms with van der Waals surface area (Å²) in [4.78, 5) is 2.20. The monoisotopic (exact) mass is 220 g/mol. The first-order chi connectivity index (χ1) is 7.50. The molecule has 0 saturated heterocycles. The Morgan fingerprint density at radius 1 is 1.25 bits per heavy atom. The van der Waals surface area contributed by atoms with Crippen molar-refractivity contribution in [2.45, 2.75) is 26.8 Å². The maximum absolute atomic E-state index is 3.55. The van der Waals surface area contributed by atoms with Crippen molar-refractivity contribution in [2.75, 3.05) is 27.2 Å². The average Bonchev–Trinajstić information content (AvgIpc) is 2.16. The van der Waals surface area contributed by atoms with Crippen LogP contribution in [0.25, 0.3) is 0 Å². The molecule has 0 bridgehead atoms. The molecule has 0 radical (unpaired) electrons. The summed E-state index contributed by atoms with van der Waals surface area (Å²) in [5.74, 6) is 0. The number of likely N-dealkylation sites (N-methyl/N-ethyl adjacent to an activating group) is 1. The van der Waals surface area contributed by atoms with Crippen LogP contribution in [0, 0.1) is 13.8 Å². The summed E-state index contributed by atoms with van der Waals surface area (Å²) in [6.07, 6.45) is 0. The van der Waals surface area contributed by atoms with Gasteiger partial charge >= 0.3 is 0 Å². The number of aryl methyl sites for hydroxylation is 2. The lowest BCUT2D eigenvalue weighted by Crippen LogP contribution is -2.28. The van der Waals surface area contributed by atoms with Crippen LogP contribution in [0.1, 0.15) is 29.7 Å². The van der Waals surface area contributed by atoms with Gasteiger partial charge in [0.05, 0.1) is 0 Å². The van der Waals surface area contributed by atoms with Crippen LogP contribution in [0.2, 0.25) is 0 Å². The summed E-state index contributed by atoms with van der Waals surface area (Å²) in [6.45, 7) is 8.66. The molecule has 0 aliphatic carbocycles. The Morgan fingerprint density at radius 3 is 2.50 bits per heavy atom. The summed E-state index contributed by atoms with van der Waals surface area (Å²) < 4.78 is 0. The fraction of sp³-hybridized carbons (Fsp3) is 0.571. The van der Waals surface area contributed by atoms with E-state index < -0.39 is 0 Å². The minimum Gasteiger partial charge on any atom is -0.309 e. The lowest BCUT2D eigenvalue weighted by atomic mass is 10.0. The zero-order valence-corrected chi connectivity index (χ0v) is 11.2. The molecule has 1 N–H and O–H groups in total. The third kappa shape index (κ3) is 3.95. The van der Waals surface area contributed by atoms with Gasteiger partial charge < -0.3 is 10.2 Å². The molecule has 1 atom stereocenters. The molecule has 1 aromatic rings. The second-order valence-corrected chi connectivity index (χ2v) is 4.84. The minimum absolute atomic E-state index is 0.431. The zero-order valence-electron chi connectivity index (χ0n) is 11.2. The Labute approximate surface area is 99.7 Å². The van der Waals surface area contributed by atoms with Crippen LogP contribution in [-0.2, 0) is 0 Å². The predicted octanol–water partition coefficient (Wildman–Crippen LogP) is 2.52. The maximum Gasteiger partial charge on any atom is 0.0294 e. The van der Waals surface area contributed by atoms with Crippen molar-refractivity contribution in [2.24, 2.45) is 0 Å². The normalized spacial score (nSPS) is 13.1. The summed E-state index contributed by atoms with van der Waals surface area (Å²) in [5, 5.41) is 3.55. The number of benzene rings is 1. The van der Waals surface area contributed by atoms with Crippen LogP contribution in [0.15, 0.2) is 18.2 Å². The van der Waals surface area contributed by atoms with E-state index in [0.29, 0.717) is 6.04 Å². The number of hydrogen-bond donors (Lipinski definition) is 1. The van der Waals surface area contributed by atoms with E-state index in [1.165, 1.54) is 16.7 Å². The second kappa shape index (κ2) is 6.02. The fourth-order valence-corrected chi connectivity index (χ4v) is 1.93. The van der Waals surface area contributed by atoms with Crippen molar-refractivity contribution < 1.29 is 0 Å². The quantitative estimate of drug-likeness (QED) is 0.820. The fourth-order valence-electron chi connectivity index (χ4n) is 1.93. The van der Waals surface area contributed by atoms with Gasteiger partial charge in [-0.05, 0) is 46.0 Å². The molecule has 1 rings (SSSR count). The van der Waals surface area contributed by atoms with E-state index in [1.54, 1.807) is 0 Å². The van der Waals surface area contributed by atoms with Crippen LogP contribution < -0.4 is 5.32 Å². The summed E-state index contributed by atoms with van der Waals surface area (Å²) in [7, 11) is 4.20. The number of rotatable bonds is 5. The highest BCUT2D eigenvalue weighted by atomic mass is 15.1. The van der Waals surface area contributed by atoms with Gasteiger partial charge in [-0.15, -0.1) is 0 Å². The van der Waals surface area contributed by atoms with Gasteiger partial charge in [-0.3, -0.25) is 0 Å². The van der Waals surface area contributed by atoms with Crippen LogP contribution in [-0.4, -0.2) is 32.1 Å². The van der Waals surface area contributed by atoms with Crippen molar-refractivity contribution in [1.82, 2.24) is 10.2 Å². The summed E-state index contributed by atoms with van der Waals surface area (Å²) in [5.41, 5.74) is 4.12. The van der Waals surface area contributed by atoms with Crippen LogP contribution in [0.4, 0.5) is 0 Å². The van der Waals surface area contributed by atoms with E-state index in [4.69, 9.17) is 0 Å². The highest BCUT2D eigenvalue weighted by molar-refractivity contribution is 5.32. The van der Waals surface area contributed by atoms with E-state index in [0.717, 1.165) is 13.1 Å². The predicted molar refractivity (Wildman–Crippen MR) is 70.9 cm³/mol. The summed E-state index contributed by atoms with van der Waals surface area (Å²) in [6, 6.07) is 7.10. The van der Waals surface area contributed by atoms with E-state index in [9.17, 15) is 0 Å². The van der Waals surface area contributed by atoms with Crippen molar-refractivity contribution >= 4 is 0 Å². The smallest absolute Gasteiger partial charge is 0.0294 e. The molecule has 0 aliphatic rings. The van der Waals surface area contributed by atoms with Crippen LogP contribution in [0.5, 0.6) is 0 Å². The number of nitrogens with zero attached hydrogens (tertiary/aromatic N) is 1. The molecule has 1 unspecified atom stereocenters. The Hall–Kier alpha value is -0.860. The van der Waals surface area contributed by atoms with Crippen molar-refractivity contribution in [3.63, 3.8) is 0 Å². The lowest BCUT2D eigenvalue weighted by molar-refractivity contribution is 0.389. The first-order valence-corrected chi connectivity index (χ1v) is 5.96. The van der Waals surface area contributed by atoms with Gasteiger partial charge in [0.1, 0.15) is 0 Å². The number of nitrogens with one attached hydrogen (secondary N) is 1. The molecule has 0 spiro atoms. The first-order valence-electron chi connectivity index (χ1n) is 5.96. The largest absolute Gasteiger partial charge is 0.309 e. The van der Waals surface area contributed by atoms with E-state index in [1.807, 2.05) is 0 Å². The molecule has 1 aromatic carbocycles. The Kier molecular flexibility index (Phi) is 4.97. The first kappa shape index (κ1) is 13.2. The Morgan fingerprint density at radius 2 is 1.94 bits per heavy atom. The molecule has 0 fully saturated rings. The molecule has 16 heavy (non-hydrogen) atoms. The third-order valence-corrected chi connectivity index (χ3v) is 2.90. The van der Waals surface area contributed by atoms with Crippen molar-refractivity contribution in [3.8, 4) is 0 Å². The van der Waals surface area contributed by atoms with E-state index in [-0.39, 0.29) is 0 Å². The third-order valence-electron chi connectivity index (χ3n) is 2.90. The number of hydrogen-bond acceptors (Lipinski definition) is 2. The molecule has 0 aromatic heterocycles. The molecule has 90 valence electrons. The highest BCUT2D eigenvalue weighted by Crippen LogP contribution is 2.18. The lowest BCUT2D eigenvalue weighted by Gasteiger charge is -2.18.